The Morgan fingerprint density at radius 2 is 2.00 bits per heavy atom. The first-order valence-corrected chi connectivity index (χ1v) is 3.98. The van der Waals surface area contributed by atoms with Crippen LogP contribution in [0.4, 0.5) is 4.39 Å². The van der Waals surface area contributed by atoms with Crippen LogP contribution in [0.25, 0.3) is 0 Å². The summed E-state index contributed by atoms with van der Waals surface area (Å²) in [4.78, 5) is 0. The molecule has 0 spiro atoms. The van der Waals surface area contributed by atoms with Crippen LogP contribution in [0.2, 0.25) is 0 Å². The molecule has 14 heavy (non-hydrogen) atoms. The van der Waals surface area contributed by atoms with Gasteiger partial charge in [0.2, 0.25) is 0 Å². The highest BCUT2D eigenvalue weighted by Gasteiger charge is 2.11. The van der Waals surface area contributed by atoms with Crippen molar-refractivity contribution in [1.82, 2.24) is 0 Å². The fourth-order valence-electron chi connectivity index (χ4n) is 1.14. The molecule has 3 nitrogen and oxygen atoms in total. The largest absolute Gasteiger partial charge is 0.352 e. The Morgan fingerprint density at radius 1 is 1.36 bits per heavy atom. The van der Waals surface area contributed by atoms with Gasteiger partial charge in [-0.05, 0) is 12.1 Å². The van der Waals surface area contributed by atoms with Crippen LogP contribution in [-0.2, 0) is 9.47 Å². The molecule has 1 aromatic rings. The Kier molecular flexibility index (Phi) is 3.57. The van der Waals surface area contributed by atoms with E-state index in [-0.39, 0.29) is 5.56 Å². The van der Waals surface area contributed by atoms with Gasteiger partial charge in [-0.1, -0.05) is 6.07 Å². The maximum atomic E-state index is 12.9. The van der Waals surface area contributed by atoms with Gasteiger partial charge in [-0.2, -0.15) is 5.26 Å². The number of ether oxygens (including phenoxy) is 2. The monoisotopic (exact) mass is 195 g/mol. The van der Waals surface area contributed by atoms with Crippen molar-refractivity contribution in [2.45, 2.75) is 6.29 Å². The summed E-state index contributed by atoms with van der Waals surface area (Å²) in [6.45, 7) is 0. The van der Waals surface area contributed by atoms with Crippen LogP contribution in [0.5, 0.6) is 0 Å². The van der Waals surface area contributed by atoms with Crippen LogP contribution in [0, 0.1) is 17.1 Å². The molecule has 0 heterocycles. The minimum absolute atomic E-state index is 0.0124. The molecule has 0 bridgehead atoms. The summed E-state index contributed by atoms with van der Waals surface area (Å²) in [7, 11) is 2.95. The Bertz CT molecular complexity index is 356. The second-order valence-electron chi connectivity index (χ2n) is 2.65. The topological polar surface area (TPSA) is 42.2 Å². The van der Waals surface area contributed by atoms with Crippen molar-refractivity contribution in [2.75, 3.05) is 14.2 Å². The molecule has 0 saturated heterocycles. The maximum Gasteiger partial charge on any atom is 0.183 e. The summed E-state index contributed by atoms with van der Waals surface area (Å²) in [5, 5.41) is 8.60. The van der Waals surface area contributed by atoms with Crippen molar-refractivity contribution in [3.05, 3.63) is 35.1 Å². The van der Waals surface area contributed by atoms with Gasteiger partial charge in [-0.25, -0.2) is 4.39 Å². The average molecular weight is 195 g/mol. The number of hydrogen-bond acceptors (Lipinski definition) is 3. The first-order valence-electron chi connectivity index (χ1n) is 3.98. The molecule has 0 aliphatic carbocycles. The van der Waals surface area contributed by atoms with Crippen molar-refractivity contribution >= 4 is 0 Å². The Hall–Kier alpha value is -1.44. The number of nitriles is 1. The lowest BCUT2D eigenvalue weighted by Crippen LogP contribution is -2.04. The standard InChI is InChI=1S/C10H10FNO2/c1-13-10(14-2)7-3-4-9(11)8(5-7)6-12/h3-5,10H,1-2H3. The van der Waals surface area contributed by atoms with E-state index in [9.17, 15) is 4.39 Å². The van der Waals surface area contributed by atoms with E-state index in [1.165, 1.54) is 32.4 Å². The lowest BCUT2D eigenvalue weighted by molar-refractivity contribution is -0.106. The van der Waals surface area contributed by atoms with E-state index in [0.29, 0.717) is 5.56 Å². The van der Waals surface area contributed by atoms with Crippen molar-refractivity contribution in [3.63, 3.8) is 0 Å². The summed E-state index contributed by atoms with van der Waals surface area (Å²) in [6, 6.07) is 5.91. The summed E-state index contributed by atoms with van der Waals surface area (Å²) < 4.78 is 22.9. The average Bonchev–Trinajstić information content (AvgIpc) is 2.22. The number of hydrogen-bond donors (Lipinski definition) is 0. The fourth-order valence-corrected chi connectivity index (χ4v) is 1.14. The number of nitrogens with zero attached hydrogens (tertiary/aromatic N) is 1. The third-order valence-electron chi connectivity index (χ3n) is 1.81. The molecule has 0 aliphatic heterocycles. The van der Waals surface area contributed by atoms with E-state index in [4.69, 9.17) is 14.7 Å². The second-order valence-corrected chi connectivity index (χ2v) is 2.65. The van der Waals surface area contributed by atoms with Gasteiger partial charge in [0, 0.05) is 19.8 Å². The van der Waals surface area contributed by atoms with Gasteiger partial charge >= 0.3 is 0 Å². The fraction of sp³-hybridized carbons (Fsp3) is 0.300. The van der Waals surface area contributed by atoms with E-state index < -0.39 is 12.1 Å². The van der Waals surface area contributed by atoms with E-state index in [1.54, 1.807) is 6.07 Å². The minimum Gasteiger partial charge on any atom is -0.352 e. The quantitative estimate of drug-likeness (QED) is 0.692. The predicted molar refractivity (Wildman–Crippen MR) is 47.9 cm³/mol. The van der Waals surface area contributed by atoms with Crippen LogP contribution in [0.3, 0.4) is 0 Å². The van der Waals surface area contributed by atoms with Crippen LogP contribution in [-0.4, -0.2) is 14.2 Å². The van der Waals surface area contributed by atoms with Gasteiger partial charge in [0.05, 0.1) is 5.56 Å². The van der Waals surface area contributed by atoms with Crippen LogP contribution < -0.4 is 0 Å². The molecule has 0 aromatic heterocycles. The molecule has 74 valence electrons. The van der Waals surface area contributed by atoms with Crippen molar-refractivity contribution in [3.8, 4) is 6.07 Å². The Labute approximate surface area is 81.7 Å². The first-order chi connectivity index (χ1) is 6.72. The third-order valence-corrected chi connectivity index (χ3v) is 1.81. The highest BCUT2D eigenvalue weighted by atomic mass is 19.1. The van der Waals surface area contributed by atoms with Crippen LogP contribution in [0.15, 0.2) is 18.2 Å². The van der Waals surface area contributed by atoms with Gasteiger partial charge in [-0.3, -0.25) is 0 Å². The normalized spacial score (nSPS) is 10.2. The molecule has 0 atom stereocenters. The number of rotatable bonds is 3. The van der Waals surface area contributed by atoms with Crippen LogP contribution in [0.1, 0.15) is 17.4 Å². The summed E-state index contributed by atoms with van der Waals surface area (Å²) in [5.41, 5.74) is 0.606. The van der Waals surface area contributed by atoms with Gasteiger partial charge in [0.1, 0.15) is 11.9 Å². The van der Waals surface area contributed by atoms with E-state index in [1.807, 2.05) is 0 Å². The summed E-state index contributed by atoms with van der Waals surface area (Å²) in [5.74, 6) is -0.540. The van der Waals surface area contributed by atoms with Crippen molar-refractivity contribution < 1.29 is 13.9 Å². The second kappa shape index (κ2) is 4.70. The van der Waals surface area contributed by atoms with Crippen molar-refractivity contribution in [2.24, 2.45) is 0 Å². The van der Waals surface area contributed by atoms with Crippen molar-refractivity contribution in [1.29, 1.82) is 5.26 Å². The lowest BCUT2D eigenvalue weighted by Gasteiger charge is -2.13. The van der Waals surface area contributed by atoms with Gasteiger partial charge in [-0.15, -0.1) is 0 Å². The van der Waals surface area contributed by atoms with Crippen LogP contribution >= 0.6 is 0 Å². The third kappa shape index (κ3) is 2.08. The molecule has 0 N–H and O–H groups in total. The molecule has 0 saturated carbocycles. The zero-order valence-electron chi connectivity index (χ0n) is 7.95. The van der Waals surface area contributed by atoms with E-state index in [0.717, 1.165) is 0 Å². The highest BCUT2D eigenvalue weighted by Crippen LogP contribution is 2.19. The predicted octanol–water partition coefficient (Wildman–Crippen LogP) is 1.99. The number of methoxy groups -OCH3 is 2. The lowest BCUT2D eigenvalue weighted by atomic mass is 10.1. The molecule has 0 radical (unpaired) electrons. The molecule has 1 aromatic carbocycles. The van der Waals surface area contributed by atoms with E-state index >= 15 is 0 Å². The Morgan fingerprint density at radius 3 is 2.50 bits per heavy atom. The smallest absolute Gasteiger partial charge is 0.183 e. The van der Waals surface area contributed by atoms with Gasteiger partial charge in [0.15, 0.2) is 6.29 Å². The number of halogens is 1. The van der Waals surface area contributed by atoms with Gasteiger partial charge in [0.25, 0.3) is 0 Å². The molecule has 0 amide bonds. The highest BCUT2D eigenvalue weighted by molar-refractivity contribution is 5.34. The SMILES string of the molecule is COC(OC)c1ccc(F)c(C#N)c1. The maximum absolute atomic E-state index is 12.9. The van der Waals surface area contributed by atoms with Gasteiger partial charge < -0.3 is 9.47 Å². The first kappa shape index (κ1) is 10.6. The zero-order chi connectivity index (χ0) is 10.6. The van der Waals surface area contributed by atoms with E-state index in [2.05, 4.69) is 0 Å². The zero-order valence-corrected chi connectivity index (χ0v) is 7.95. The molecular formula is C10H10FNO2. The molecule has 0 fully saturated rings. The summed E-state index contributed by atoms with van der Waals surface area (Å²) in [6.07, 6.45) is -0.567. The Balaban J connectivity index is 3.06. The molecule has 4 heteroatoms. The molecule has 0 unspecified atom stereocenters. The minimum atomic E-state index is -0.567. The number of benzene rings is 1. The molecular weight excluding hydrogens is 185 g/mol. The molecule has 1 rings (SSSR count). The summed E-state index contributed by atoms with van der Waals surface area (Å²) >= 11 is 0. The molecule has 0 aliphatic rings.